The second-order valence-corrected chi connectivity index (χ2v) is 8.42. The van der Waals surface area contributed by atoms with Crippen molar-refractivity contribution in [2.75, 3.05) is 24.6 Å². The fourth-order valence-corrected chi connectivity index (χ4v) is 4.62. The smallest absolute Gasteiger partial charge is 0.241 e. The number of nitrogen functional groups attached to an aromatic ring is 1. The van der Waals surface area contributed by atoms with Gasteiger partial charge in [0.1, 0.15) is 0 Å². The Balaban J connectivity index is 2.76. The molecule has 0 heterocycles. The molecule has 1 aromatic rings. The van der Waals surface area contributed by atoms with Crippen molar-refractivity contribution in [3.05, 3.63) is 22.7 Å². The highest BCUT2D eigenvalue weighted by atomic mass is 79.9. The SMILES string of the molecule is CCNS(=O)(=O)CCNS(=O)(=O)c1ccc(N)cc1Br. The average Bonchev–Trinajstić information content (AvgIpc) is 2.27. The third kappa shape index (κ3) is 5.02. The van der Waals surface area contributed by atoms with Crippen LogP contribution in [0.5, 0.6) is 0 Å². The lowest BCUT2D eigenvalue weighted by Gasteiger charge is -2.09. The number of nitrogens with one attached hydrogen (secondary N) is 2. The summed E-state index contributed by atoms with van der Waals surface area (Å²) in [5.74, 6) is -0.327. The predicted octanol–water partition coefficient (Wildman–Crippen LogP) is 0.249. The third-order valence-corrected chi connectivity index (χ3v) is 6.18. The summed E-state index contributed by atoms with van der Waals surface area (Å²) in [6, 6.07) is 4.26. The number of anilines is 1. The van der Waals surface area contributed by atoms with Crippen molar-refractivity contribution in [2.45, 2.75) is 11.8 Å². The van der Waals surface area contributed by atoms with Crippen LogP contribution in [0.15, 0.2) is 27.6 Å². The summed E-state index contributed by atoms with van der Waals surface area (Å²) in [6.45, 7) is 1.69. The Bertz CT molecular complexity index is 674. The molecule has 0 aliphatic heterocycles. The van der Waals surface area contributed by atoms with Crippen LogP contribution in [0.1, 0.15) is 6.92 Å². The van der Waals surface area contributed by atoms with Gasteiger partial charge in [0, 0.05) is 23.2 Å². The van der Waals surface area contributed by atoms with Crippen molar-refractivity contribution in [3.8, 4) is 0 Å². The number of sulfonamides is 2. The average molecular weight is 386 g/mol. The van der Waals surface area contributed by atoms with Crippen LogP contribution in [0.25, 0.3) is 0 Å². The van der Waals surface area contributed by atoms with E-state index in [9.17, 15) is 16.8 Å². The first-order valence-electron chi connectivity index (χ1n) is 5.70. The van der Waals surface area contributed by atoms with Gasteiger partial charge >= 0.3 is 0 Å². The van der Waals surface area contributed by atoms with Crippen LogP contribution in [-0.2, 0) is 20.0 Å². The second-order valence-electron chi connectivity index (χ2n) is 3.90. The summed E-state index contributed by atoms with van der Waals surface area (Å²) in [5.41, 5.74) is 5.95. The Kier molecular flexibility index (Phi) is 5.95. The first-order valence-corrected chi connectivity index (χ1v) is 9.63. The number of hydrogen-bond donors (Lipinski definition) is 3. The Morgan fingerprint density at radius 1 is 1.20 bits per heavy atom. The van der Waals surface area contributed by atoms with Crippen LogP contribution < -0.4 is 15.2 Å². The van der Waals surface area contributed by atoms with E-state index in [1.54, 1.807) is 6.92 Å². The van der Waals surface area contributed by atoms with Gasteiger partial charge in [0.25, 0.3) is 0 Å². The molecular weight excluding hydrogens is 370 g/mol. The summed E-state index contributed by atoms with van der Waals surface area (Å²) >= 11 is 3.11. The van der Waals surface area contributed by atoms with E-state index < -0.39 is 20.0 Å². The van der Waals surface area contributed by atoms with E-state index in [1.807, 2.05) is 0 Å². The normalized spacial score (nSPS) is 12.5. The first-order chi connectivity index (χ1) is 9.18. The first kappa shape index (κ1) is 17.4. The van der Waals surface area contributed by atoms with Crippen LogP contribution in [0.4, 0.5) is 5.69 Å². The lowest BCUT2D eigenvalue weighted by atomic mass is 10.3. The fourth-order valence-electron chi connectivity index (χ4n) is 1.42. The molecule has 0 atom stereocenters. The number of benzene rings is 1. The molecule has 0 fully saturated rings. The van der Waals surface area contributed by atoms with Gasteiger partial charge in [0.05, 0.1) is 10.6 Å². The van der Waals surface area contributed by atoms with Gasteiger partial charge in [-0.3, -0.25) is 0 Å². The molecule has 0 saturated carbocycles. The van der Waals surface area contributed by atoms with Gasteiger partial charge in [-0.15, -0.1) is 0 Å². The minimum Gasteiger partial charge on any atom is -0.399 e. The zero-order chi connectivity index (χ0) is 15.4. The number of hydrogen-bond acceptors (Lipinski definition) is 5. The molecule has 0 bridgehead atoms. The van der Waals surface area contributed by atoms with E-state index in [2.05, 4.69) is 25.4 Å². The van der Waals surface area contributed by atoms with Crippen LogP contribution >= 0.6 is 15.9 Å². The highest BCUT2D eigenvalue weighted by Gasteiger charge is 2.18. The van der Waals surface area contributed by atoms with Crippen LogP contribution in [0.3, 0.4) is 0 Å². The van der Waals surface area contributed by atoms with E-state index in [0.29, 0.717) is 10.2 Å². The van der Waals surface area contributed by atoms with Crippen molar-refractivity contribution >= 4 is 41.7 Å². The maximum atomic E-state index is 12.0. The van der Waals surface area contributed by atoms with E-state index in [0.717, 1.165) is 0 Å². The lowest BCUT2D eigenvalue weighted by Crippen LogP contribution is -2.34. The minimum absolute atomic E-state index is 0.00699. The highest BCUT2D eigenvalue weighted by Crippen LogP contribution is 2.23. The number of halogens is 1. The Morgan fingerprint density at radius 2 is 1.85 bits per heavy atom. The highest BCUT2D eigenvalue weighted by molar-refractivity contribution is 9.10. The van der Waals surface area contributed by atoms with E-state index >= 15 is 0 Å². The molecule has 20 heavy (non-hydrogen) atoms. The maximum Gasteiger partial charge on any atom is 0.241 e. The van der Waals surface area contributed by atoms with Crippen LogP contribution in [0, 0.1) is 0 Å². The van der Waals surface area contributed by atoms with E-state index in [4.69, 9.17) is 5.73 Å². The molecule has 0 saturated heterocycles. The molecule has 1 aromatic carbocycles. The summed E-state index contributed by atoms with van der Waals surface area (Å²) in [6.07, 6.45) is 0. The van der Waals surface area contributed by atoms with Crippen molar-refractivity contribution < 1.29 is 16.8 Å². The van der Waals surface area contributed by atoms with E-state index in [1.165, 1.54) is 18.2 Å². The lowest BCUT2D eigenvalue weighted by molar-refractivity contribution is 0.576. The zero-order valence-corrected chi connectivity index (χ0v) is 14.0. The molecule has 7 nitrogen and oxygen atoms in total. The largest absolute Gasteiger partial charge is 0.399 e. The molecule has 0 unspecified atom stereocenters. The van der Waals surface area contributed by atoms with Gasteiger partial charge in [-0.25, -0.2) is 26.3 Å². The van der Waals surface area contributed by atoms with Gasteiger partial charge < -0.3 is 5.73 Å². The molecule has 0 aromatic heterocycles. The quantitative estimate of drug-likeness (QED) is 0.581. The molecule has 4 N–H and O–H groups in total. The number of rotatable bonds is 7. The van der Waals surface area contributed by atoms with Crippen LogP contribution in [0.2, 0.25) is 0 Å². The molecular formula is C10H16BrN3O4S2. The third-order valence-electron chi connectivity index (χ3n) is 2.27. The van der Waals surface area contributed by atoms with E-state index in [-0.39, 0.29) is 23.7 Å². The van der Waals surface area contributed by atoms with Crippen LogP contribution in [-0.4, -0.2) is 35.7 Å². The fraction of sp³-hybridized carbons (Fsp3) is 0.400. The molecule has 114 valence electrons. The molecule has 10 heteroatoms. The summed E-state index contributed by atoms with van der Waals surface area (Å²) in [4.78, 5) is 0.00699. The van der Waals surface area contributed by atoms with Crippen molar-refractivity contribution in [3.63, 3.8) is 0 Å². The zero-order valence-electron chi connectivity index (χ0n) is 10.8. The minimum atomic E-state index is -3.79. The van der Waals surface area contributed by atoms with Crippen molar-refractivity contribution in [1.29, 1.82) is 0 Å². The Hall–Kier alpha value is -0.680. The summed E-state index contributed by atoms with van der Waals surface area (Å²) in [5, 5.41) is 0. The van der Waals surface area contributed by atoms with Gasteiger partial charge in [-0.1, -0.05) is 6.92 Å². The molecule has 1 rings (SSSR count). The second kappa shape index (κ2) is 6.85. The predicted molar refractivity (Wildman–Crippen MR) is 81.2 cm³/mol. The van der Waals surface area contributed by atoms with Crippen molar-refractivity contribution in [1.82, 2.24) is 9.44 Å². The standard InChI is InChI=1S/C10H16BrN3O4S2/c1-2-13-19(15,16)6-5-14-20(17,18)10-4-3-8(12)7-9(10)11/h3-4,7,13-14H,2,5-6,12H2,1H3. The summed E-state index contributed by atoms with van der Waals surface area (Å²) < 4.78 is 51.6. The topological polar surface area (TPSA) is 118 Å². The maximum absolute atomic E-state index is 12.0. The van der Waals surface area contributed by atoms with Gasteiger partial charge in [-0.2, -0.15) is 0 Å². The van der Waals surface area contributed by atoms with Gasteiger partial charge in [0.15, 0.2) is 0 Å². The summed E-state index contributed by atoms with van der Waals surface area (Å²) in [7, 11) is -7.25. The van der Waals surface area contributed by atoms with Crippen molar-refractivity contribution in [2.24, 2.45) is 0 Å². The number of nitrogens with two attached hydrogens (primary N) is 1. The molecule has 0 spiro atoms. The van der Waals surface area contributed by atoms with Gasteiger partial charge in [-0.05, 0) is 34.1 Å². The molecule has 0 aliphatic carbocycles. The van der Waals surface area contributed by atoms with Gasteiger partial charge in [0.2, 0.25) is 20.0 Å². The molecule has 0 amide bonds. The molecule has 0 radical (unpaired) electrons. The Labute approximate surface area is 127 Å². The monoisotopic (exact) mass is 385 g/mol. The molecule has 0 aliphatic rings. The Morgan fingerprint density at radius 3 is 2.40 bits per heavy atom.